The zero-order valence-electron chi connectivity index (χ0n) is 10.5. The van der Waals surface area contributed by atoms with Crippen molar-refractivity contribution in [2.75, 3.05) is 0 Å². The molecule has 2 rings (SSSR count). The van der Waals surface area contributed by atoms with Gasteiger partial charge in [-0.15, -0.1) is 0 Å². The summed E-state index contributed by atoms with van der Waals surface area (Å²) in [6.07, 6.45) is 0. The minimum atomic E-state index is -3.60. The molecule has 0 bridgehead atoms. The number of aliphatic hydroxyl groups is 1. The van der Waals surface area contributed by atoms with Crippen LogP contribution in [0.5, 0.6) is 0 Å². The van der Waals surface area contributed by atoms with Crippen molar-refractivity contribution in [1.82, 2.24) is 4.72 Å². The second kappa shape index (κ2) is 5.83. The third-order valence-electron chi connectivity index (χ3n) is 2.85. The van der Waals surface area contributed by atoms with Crippen LogP contribution in [-0.4, -0.2) is 13.5 Å². The summed E-state index contributed by atoms with van der Waals surface area (Å²) in [5, 5.41) is 13.1. The molecule has 2 N–H and O–H groups in total. The highest BCUT2D eigenvalue weighted by molar-refractivity contribution is 7.89. The first-order valence-corrected chi connectivity index (χ1v) is 8.17. The first-order valence-electron chi connectivity index (χ1n) is 5.74. The molecule has 0 unspecified atom stereocenters. The van der Waals surface area contributed by atoms with E-state index >= 15 is 0 Å². The van der Waals surface area contributed by atoms with Crippen LogP contribution in [0.4, 0.5) is 0 Å². The molecular formula is C13H15NO3S2. The number of hydrogen-bond acceptors (Lipinski definition) is 4. The highest BCUT2D eigenvalue weighted by Crippen LogP contribution is 2.17. The molecule has 1 aromatic carbocycles. The Hall–Kier alpha value is -1.21. The Labute approximate surface area is 116 Å². The van der Waals surface area contributed by atoms with Crippen LogP contribution in [0.25, 0.3) is 0 Å². The van der Waals surface area contributed by atoms with Crippen molar-refractivity contribution in [3.05, 3.63) is 51.7 Å². The molecule has 2 aromatic rings. The molecule has 0 saturated carbocycles. The van der Waals surface area contributed by atoms with E-state index in [4.69, 9.17) is 0 Å². The SMILES string of the molecule is Cc1cscc1CNS(=O)(=O)c1ccccc1CO. The second-order valence-corrected chi connectivity index (χ2v) is 6.65. The first kappa shape index (κ1) is 14.2. The van der Waals surface area contributed by atoms with Crippen molar-refractivity contribution in [1.29, 1.82) is 0 Å². The van der Waals surface area contributed by atoms with E-state index in [1.165, 1.54) is 6.07 Å². The summed E-state index contributed by atoms with van der Waals surface area (Å²) in [5.41, 5.74) is 2.44. The van der Waals surface area contributed by atoms with E-state index < -0.39 is 10.0 Å². The molecule has 102 valence electrons. The fourth-order valence-corrected chi connectivity index (χ4v) is 3.81. The van der Waals surface area contributed by atoms with Gasteiger partial charge in [-0.2, -0.15) is 11.3 Å². The summed E-state index contributed by atoms with van der Waals surface area (Å²) in [7, 11) is -3.60. The van der Waals surface area contributed by atoms with Crippen LogP contribution in [0.15, 0.2) is 39.9 Å². The van der Waals surface area contributed by atoms with E-state index in [0.29, 0.717) is 5.56 Å². The summed E-state index contributed by atoms with van der Waals surface area (Å²) in [6.45, 7) is 1.91. The Balaban J connectivity index is 2.21. The molecule has 1 aromatic heterocycles. The van der Waals surface area contributed by atoms with Crippen molar-refractivity contribution in [2.24, 2.45) is 0 Å². The Morgan fingerprint density at radius 3 is 2.58 bits per heavy atom. The molecule has 0 aliphatic rings. The van der Waals surface area contributed by atoms with Gasteiger partial charge < -0.3 is 5.11 Å². The third-order valence-corrected chi connectivity index (χ3v) is 5.26. The van der Waals surface area contributed by atoms with Crippen molar-refractivity contribution in [2.45, 2.75) is 25.0 Å². The van der Waals surface area contributed by atoms with Gasteiger partial charge in [0.2, 0.25) is 10.0 Å². The molecule has 4 nitrogen and oxygen atoms in total. The predicted molar refractivity (Wildman–Crippen MR) is 75.4 cm³/mol. The lowest BCUT2D eigenvalue weighted by Gasteiger charge is -2.10. The first-order chi connectivity index (χ1) is 9.04. The predicted octanol–water partition coefficient (Wildman–Crippen LogP) is 2.03. The molecule has 0 amide bonds. The van der Waals surface area contributed by atoms with Crippen molar-refractivity contribution in [3.8, 4) is 0 Å². The molecule has 0 aliphatic carbocycles. The standard InChI is InChI=1S/C13H15NO3S2/c1-10-8-18-9-12(10)6-14-19(16,17)13-5-3-2-4-11(13)7-15/h2-5,8-9,14-15H,6-7H2,1H3. The number of aliphatic hydroxyl groups excluding tert-OH is 1. The van der Waals surface area contributed by atoms with Gasteiger partial charge in [0.1, 0.15) is 0 Å². The fourth-order valence-electron chi connectivity index (χ4n) is 1.72. The number of aryl methyl sites for hydroxylation is 1. The maximum absolute atomic E-state index is 12.2. The van der Waals surface area contributed by atoms with E-state index in [0.717, 1.165) is 11.1 Å². The summed E-state index contributed by atoms with van der Waals surface area (Å²) in [4.78, 5) is 0.130. The molecule has 0 aliphatic heterocycles. The Bertz CT molecular complexity index is 662. The van der Waals surface area contributed by atoms with Crippen molar-refractivity contribution < 1.29 is 13.5 Å². The zero-order valence-corrected chi connectivity index (χ0v) is 12.1. The fraction of sp³-hybridized carbons (Fsp3) is 0.231. The maximum atomic E-state index is 12.2. The van der Waals surface area contributed by atoms with Gasteiger partial charge in [0.25, 0.3) is 0 Å². The van der Waals surface area contributed by atoms with Gasteiger partial charge in [0.15, 0.2) is 0 Å². The largest absolute Gasteiger partial charge is 0.392 e. The normalized spacial score (nSPS) is 11.7. The second-order valence-electron chi connectivity index (χ2n) is 4.17. The molecule has 0 radical (unpaired) electrons. The lowest BCUT2D eigenvalue weighted by Crippen LogP contribution is -2.24. The van der Waals surface area contributed by atoms with Crippen LogP contribution in [0.2, 0.25) is 0 Å². The van der Waals surface area contributed by atoms with E-state index in [2.05, 4.69) is 4.72 Å². The van der Waals surface area contributed by atoms with Crippen LogP contribution >= 0.6 is 11.3 Å². The average molecular weight is 297 g/mol. The molecule has 0 atom stereocenters. The summed E-state index contributed by atoms with van der Waals surface area (Å²) >= 11 is 1.55. The third kappa shape index (κ3) is 3.22. The van der Waals surface area contributed by atoms with Gasteiger partial charge in [0.05, 0.1) is 11.5 Å². The maximum Gasteiger partial charge on any atom is 0.241 e. The molecular weight excluding hydrogens is 282 g/mol. The number of nitrogens with one attached hydrogen (secondary N) is 1. The summed E-state index contributed by atoms with van der Waals surface area (Å²) in [5.74, 6) is 0. The van der Waals surface area contributed by atoms with Crippen LogP contribution in [0.1, 0.15) is 16.7 Å². The topological polar surface area (TPSA) is 66.4 Å². The van der Waals surface area contributed by atoms with Gasteiger partial charge in [-0.1, -0.05) is 18.2 Å². The molecule has 6 heteroatoms. The Kier molecular flexibility index (Phi) is 4.36. The summed E-state index contributed by atoms with van der Waals surface area (Å²) in [6, 6.07) is 6.44. The van der Waals surface area contributed by atoms with Gasteiger partial charge in [-0.3, -0.25) is 0 Å². The number of rotatable bonds is 5. The molecule has 19 heavy (non-hydrogen) atoms. The summed E-state index contributed by atoms with van der Waals surface area (Å²) < 4.78 is 27.0. The number of sulfonamides is 1. The molecule has 1 heterocycles. The van der Waals surface area contributed by atoms with Crippen LogP contribution in [-0.2, 0) is 23.2 Å². The van der Waals surface area contributed by atoms with Gasteiger partial charge in [-0.05, 0) is 40.4 Å². The quantitative estimate of drug-likeness (QED) is 0.887. The van der Waals surface area contributed by atoms with Crippen molar-refractivity contribution >= 4 is 21.4 Å². The number of hydrogen-bond donors (Lipinski definition) is 2. The minimum absolute atomic E-state index is 0.130. The minimum Gasteiger partial charge on any atom is -0.392 e. The van der Waals surface area contributed by atoms with E-state index in [-0.39, 0.29) is 18.0 Å². The molecule has 0 fully saturated rings. The highest BCUT2D eigenvalue weighted by Gasteiger charge is 2.17. The van der Waals surface area contributed by atoms with Gasteiger partial charge >= 0.3 is 0 Å². The van der Waals surface area contributed by atoms with Crippen LogP contribution in [0.3, 0.4) is 0 Å². The van der Waals surface area contributed by atoms with Gasteiger partial charge in [-0.25, -0.2) is 13.1 Å². The monoisotopic (exact) mass is 297 g/mol. The molecule has 0 saturated heterocycles. The lowest BCUT2D eigenvalue weighted by molar-refractivity contribution is 0.278. The van der Waals surface area contributed by atoms with E-state index in [9.17, 15) is 13.5 Å². The highest BCUT2D eigenvalue weighted by atomic mass is 32.2. The Morgan fingerprint density at radius 2 is 1.95 bits per heavy atom. The van der Waals surface area contributed by atoms with Crippen LogP contribution < -0.4 is 4.72 Å². The van der Waals surface area contributed by atoms with E-state index in [1.54, 1.807) is 29.5 Å². The average Bonchev–Trinajstić information content (AvgIpc) is 2.82. The van der Waals surface area contributed by atoms with E-state index in [1.807, 2.05) is 17.7 Å². The zero-order chi connectivity index (χ0) is 13.9. The number of benzene rings is 1. The van der Waals surface area contributed by atoms with Gasteiger partial charge in [0, 0.05) is 6.54 Å². The Morgan fingerprint density at radius 1 is 1.21 bits per heavy atom. The smallest absolute Gasteiger partial charge is 0.241 e. The molecule has 0 spiro atoms. The lowest BCUT2D eigenvalue weighted by atomic mass is 10.2. The number of thiophene rings is 1. The van der Waals surface area contributed by atoms with Crippen LogP contribution in [0, 0.1) is 6.92 Å². The van der Waals surface area contributed by atoms with Crippen molar-refractivity contribution in [3.63, 3.8) is 0 Å².